The first-order valence-corrected chi connectivity index (χ1v) is 6.81. The summed E-state index contributed by atoms with van der Waals surface area (Å²) in [6.45, 7) is 5.66. The lowest BCUT2D eigenvalue weighted by Gasteiger charge is -2.22. The van der Waals surface area contributed by atoms with Crippen LogP contribution in [0.4, 0.5) is 0 Å². The normalized spacial score (nSPS) is 23.5. The van der Waals surface area contributed by atoms with Gasteiger partial charge in [-0.15, -0.1) is 0 Å². The molecule has 0 aliphatic carbocycles. The van der Waals surface area contributed by atoms with Crippen LogP contribution in [0.1, 0.15) is 26.7 Å². The Kier molecular flexibility index (Phi) is 4.80. The monoisotopic (exact) mass is 263 g/mol. The van der Waals surface area contributed by atoms with Gasteiger partial charge in [-0.25, -0.2) is 0 Å². The Labute approximate surface area is 114 Å². The molecule has 0 radical (unpaired) electrons. The predicted molar refractivity (Wildman–Crippen MR) is 73.4 cm³/mol. The molecule has 0 aromatic heterocycles. The van der Waals surface area contributed by atoms with Gasteiger partial charge >= 0.3 is 5.97 Å². The molecule has 0 amide bonds. The van der Waals surface area contributed by atoms with Gasteiger partial charge in [-0.3, -0.25) is 4.79 Å². The predicted octanol–water partition coefficient (Wildman–Crippen LogP) is 2.38. The van der Waals surface area contributed by atoms with E-state index in [0.29, 0.717) is 11.7 Å². The lowest BCUT2D eigenvalue weighted by molar-refractivity contribution is -0.131. The van der Waals surface area contributed by atoms with Gasteiger partial charge in [0.05, 0.1) is 0 Å². The maximum absolute atomic E-state index is 10.8. The second-order valence-electron chi connectivity index (χ2n) is 5.04. The minimum Gasteiger partial charge on any atom is -0.490 e. The summed E-state index contributed by atoms with van der Waals surface area (Å²) in [6.07, 6.45) is 2.45. The van der Waals surface area contributed by atoms with Crippen molar-refractivity contribution in [3.8, 4) is 11.5 Å². The Morgan fingerprint density at radius 1 is 1.26 bits per heavy atom. The average molecular weight is 263 g/mol. The van der Waals surface area contributed by atoms with Crippen molar-refractivity contribution in [3.63, 3.8) is 0 Å². The van der Waals surface area contributed by atoms with E-state index < -0.39 is 0 Å². The Balaban J connectivity index is 1.96. The van der Waals surface area contributed by atoms with Crippen molar-refractivity contribution in [3.05, 3.63) is 24.3 Å². The van der Waals surface area contributed by atoms with Crippen LogP contribution in [0.5, 0.6) is 11.5 Å². The Bertz CT molecular complexity index is 416. The highest BCUT2D eigenvalue weighted by Crippen LogP contribution is 2.23. The molecule has 2 rings (SSSR count). The summed E-state index contributed by atoms with van der Waals surface area (Å²) in [5.41, 5.74) is 0. The molecule has 1 aliphatic rings. The molecule has 1 saturated heterocycles. The first-order valence-electron chi connectivity index (χ1n) is 6.81. The highest BCUT2D eigenvalue weighted by Gasteiger charge is 2.21. The van der Waals surface area contributed by atoms with Gasteiger partial charge in [0, 0.05) is 19.4 Å². The molecule has 1 fully saturated rings. The highest BCUT2D eigenvalue weighted by molar-refractivity contribution is 5.69. The molecule has 2 atom stereocenters. The molecule has 4 heteroatoms. The average Bonchev–Trinajstić information content (AvgIpc) is 2.57. The minimum absolute atomic E-state index is 0.245. The van der Waals surface area contributed by atoms with Gasteiger partial charge in [-0.2, -0.15) is 0 Å². The van der Waals surface area contributed by atoms with E-state index in [1.807, 2.05) is 12.1 Å². The number of hydrogen-bond acceptors (Lipinski definition) is 4. The van der Waals surface area contributed by atoms with E-state index in [9.17, 15) is 4.79 Å². The van der Waals surface area contributed by atoms with Gasteiger partial charge in [0.15, 0.2) is 0 Å². The van der Waals surface area contributed by atoms with Crippen molar-refractivity contribution in [1.29, 1.82) is 0 Å². The maximum atomic E-state index is 10.8. The topological polar surface area (TPSA) is 47.6 Å². The Morgan fingerprint density at radius 3 is 2.63 bits per heavy atom. The van der Waals surface area contributed by atoms with E-state index in [1.165, 1.54) is 6.92 Å². The van der Waals surface area contributed by atoms with Gasteiger partial charge in [-0.1, -0.05) is 6.92 Å². The minimum atomic E-state index is -0.308. The summed E-state index contributed by atoms with van der Waals surface area (Å²) in [5, 5.41) is 3.41. The molecule has 19 heavy (non-hydrogen) atoms. The number of ether oxygens (including phenoxy) is 2. The molecule has 0 bridgehead atoms. The van der Waals surface area contributed by atoms with Crippen LogP contribution < -0.4 is 14.8 Å². The zero-order valence-electron chi connectivity index (χ0n) is 11.5. The fraction of sp³-hybridized carbons (Fsp3) is 0.533. The smallest absolute Gasteiger partial charge is 0.308 e. The van der Waals surface area contributed by atoms with Crippen LogP contribution in [-0.4, -0.2) is 25.2 Å². The molecule has 2 unspecified atom stereocenters. The highest BCUT2D eigenvalue weighted by atomic mass is 16.5. The van der Waals surface area contributed by atoms with E-state index in [0.717, 1.165) is 31.7 Å². The van der Waals surface area contributed by atoms with Crippen LogP contribution >= 0.6 is 0 Å². The van der Waals surface area contributed by atoms with Crippen molar-refractivity contribution in [2.24, 2.45) is 5.92 Å². The number of carbonyl (C=O) groups excluding carboxylic acids is 1. The van der Waals surface area contributed by atoms with Gasteiger partial charge < -0.3 is 14.8 Å². The number of carbonyl (C=O) groups is 1. The van der Waals surface area contributed by atoms with E-state index in [1.54, 1.807) is 12.1 Å². The zero-order chi connectivity index (χ0) is 13.7. The third kappa shape index (κ3) is 4.24. The largest absolute Gasteiger partial charge is 0.490 e. The van der Waals surface area contributed by atoms with Gasteiger partial charge in [0.2, 0.25) is 0 Å². The van der Waals surface area contributed by atoms with Crippen LogP contribution in [0.15, 0.2) is 24.3 Å². The summed E-state index contributed by atoms with van der Waals surface area (Å²) < 4.78 is 11.0. The zero-order valence-corrected chi connectivity index (χ0v) is 11.5. The van der Waals surface area contributed by atoms with Crippen molar-refractivity contribution in [2.75, 3.05) is 13.1 Å². The number of nitrogens with one attached hydrogen (secondary N) is 1. The number of benzene rings is 1. The molecular formula is C15H21NO3. The SMILES string of the molecule is CC(=O)Oc1ccc(OC2CCCNCC2C)cc1. The molecule has 0 saturated carbocycles. The molecule has 1 heterocycles. The summed E-state index contributed by atoms with van der Waals surface area (Å²) in [6, 6.07) is 7.22. The van der Waals surface area contributed by atoms with Crippen LogP contribution in [0, 0.1) is 5.92 Å². The molecule has 1 aromatic carbocycles. The van der Waals surface area contributed by atoms with Crippen LogP contribution in [-0.2, 0) is 4.79 Å². The third-order valence-electron chi connectivity index (χ3n) is 3.32. The Morgan fingerprint density at radius 2 is 1.95 bits per heavy atom. The lowest BCUT2D eigenvalue weighted by Crippen LogP contribution is -2.29. The van der Waals surface area contributed by atoms with E-state index >= 15 is 0 Å². The second-order valence-corrected chi connectivity index (χ2v) is 5.04. The molecule has 1 aliphatic heterocycles. The van der Waals surface area contributed by atoms with Crippen molar-refractivity contribution >= 4 is 5.97 Å². The van der Waals surface area contributed by atoms with Gasteiger partial charge in [-0.05, 0) is 43.7 Å². The summed E-state index contributed by atoms with van der Waals surface area (Å²) in [4.78, 5) is 10.8. The summed E-state index contributed by atoms with van der Waals surface area (Å²) in [7, 11) is 0. The quantitative estimate of drug-likeness (QED) is 0.672. The summed E-state index contributed by atoms with van der Waals surface area (Å²) in [5.74, 6) is 1.57. The third-order valence-corrected chi connectivity index (χ3v) is 3.32. The number of esters is 1. The Hall–Kier alpha value is -1.55. The fourth-order valence-electron chi connectivity index (χ4n) is 2.28. The molecule has 1 aromatic rings. The van der Waals surface area contributed by atoms with Crippen molar-refractivity contribution in [2.45, 2.75) is 32.8 Å². The van der Waals surface area contributed by atoms with Crippen molar-refractivity contribution < 1.29 is 14.3 Å². The van der Waals surface area contributed by atoms with Crippen LogP contribution in [0.25, 0.3) is 0 Å². The van der Waals surface area contributed by atoms with Crippen LogP contribution in [0.3, 0.4) is 0 Å². The summed E-state index contributed by atoms with van der Waals surface area (Å²) >= 11 is 0. The number of hydrogen-bond donors (Lipinski definition) is 1. The molecule has 104 valence electrons. The fourth-order valence-corrected chi connectivity index (χ4v) is 2.28. The molecule has 1 N–H and O–H groups in total. The molecular weight excluding hydrogens is 242 g/mol. The van der Waals surface area contributed by atoms with Gasteiger partial charge in [0.1, 0.15) is 17.6 Å². The van der Waals surface area contributed by atoms with E-state index in [2.05, 4.69) is 12.2 Å². The van der Waals surface area contributed by atoms with Crippen molar-refractivity contribution in [1.82, 2.24) is 5.32 Å². The first kappa shape index (κ1) is 13.9. The second kappa shape index (κ2) is 6.57. The van der Waals surface area contributed by atoms with Crippen LogP contribution in [0.2, 0.25) is 0 Å². The standard InChI is InChI=1S/C15H21NO3/c1-11-10-16-9-3-4-15(11)19-14-7-5-13(6-8-14)18-12(2)17/h5-8,11,15-16H,3-4,9-10H2,1-2H3. The van der Waals surface area contributed by atoms with Gasteiger partial charge in [0.25, 0.3) is 0 Å². The molecule has 4 nitrogen and oxygen atoms in total. The first-order chi connectivity index (χ1) is 9.15. The van der Waals surface area contributed by atoms with E-state index in [-0.39, 0.29) is 12.1 Å². The number of rotatable bonds is 3. The lowest BCUT2D eigenvalue weighted by atomic mass is 10.0. The maximum Gasteiger partial charge on any atom is 0.308 e. The molecule has 0 spiro atoms. The van der Waals surface area contributed by atoms with E-state index in [4.69, 9.17) is 9.47 Å².